The number of hydrogen-bond acceptors (Lipinski definition) is 6. The minimum Gasteiger partial charge on any atom is -0.507 e. The molecule has 9 heteroatoms. The number of fused-ring (bicyclic) bond motifs is 1. The van der Waals surface area contributed by atoms with Crippen LogP contribution < -0.4 is 4.74 Å². The van der Waals surface area contributed by atoms with Gasteiger partial charge in [-0.05, 0) is 55.2 Å². The Bertz CT molecular complexity index is 1430. The smallest absolute Gasteiger partial charge is 0.273 e. The van der Waals surface area contributed by atoms with Crippen LogP contribution in [0, 0.1) is 13.8 Å². The lowest BCUT2D eigenvalue weighted by Gasteiger charge is -2.31. The molecule has 3 aromatic rings. The zero-order valence-corrected chi connectivity index (χ0v) is 20.4. The van der Waals surface area contributed by atoms with Gasteiger partial charge in [0.05, 0.1) is 17.5 Å². The first-order valence-electron chi connectivity index (χ1n) is 11.5. The summed E-state index contributed by atoms with van der Waals surface area (Å²) in [6, 6.07) is 10.1. The number of aromatic hydroxyl groups is 1. The highest BCUT2D eigenvalue weighted by molar-refractivity contribution is 7.91. The molecular weight excluding hydrogens is 466 g/mol. The van der Waals surface area contributed by atoms with Crippen LogP contribution in [0.1, 0.15) is 45.2 Å². The normalized spacial score (nSPS) is 20.7. The van der Waals surface area contributed by atoms with E-state index in [0.717, 1.165) is 11.1 Å². The number of amides is 1. The van der Waals surface area contributed by atoms with Crippen molar-refractivity contribution in [2.45, 2.75) is 32.4 Å². The van der Waals surface area contributed by atoms with Crippen molar-refractivity contribution in [1.82, 2.24) is 15.1 Å². The Hall–Kier alpha value is -3.59. The van der Waals surface area contributed by atoms with E-state index in [1.165, 1.54) is 0 Å². The lowest BCUT2D eigenvalue weighted by molar-refractivity contribution is 0.0677. The molecule has 2 atom stereocenters. The molecular formula is C26H27N3O5S. The maximum Gasteiger partial charge on any atom is 0.273 e. The fourth-order valence-corrected chi connectivity index (χ4v) is 6.82. The number of phenols is 1. The molecule has 2 aliphatic rings. The van der Waals surface area contributed by atoms with Crippen LogP contribution in [0.2, 0.25) is 0 Å². The standard InChI is InChI=1S/C26H27N3O5S/c1-4-10-34-19-7-5-17(6-8-19)24-21-22(20-13-15(2)12-16(3)25(20)30)27-28-23(21)26(31)29(24)18-9-11-35(32,33)14-18/h4-8,12-13,18,24,30H,1,9-11,14H2,2-3H3,(H,27,28). The summed E-state index contributed by atoms with van der Waals surface area (Å²) in [5, 5.41) is 18.2. The lowest BCUT2D eigenvalue weighted by Crippen LogP contribution is -2.40. The topological polar surface area (TPSA) is 113 Å². The molecule has 3 heterocycles. The third-order valence-electron chi connectivity index (χ3n) is 6.67. The van der Waals surface area contributed by atoms with E-state index < -0.39 is 21.9 Å². The SMILES string of the molecule is C=CCOc1ccc(C2c3c(-c4cc(C)cc(C)c4O)n[nH]c3C(=O)N2C2CCS(=O)(=O)C2)cc1. The van der Waals surface area contributed by atoms with Crippen LogP contribution in [0.4, 0.5) is 0 Å². The number of phenolic OH excluding ortho intramolecular Hbond substituents is 1. The van der Waals surface area contributed by atoms with Crippen LogP contribution >= 0.6 is 0 Å². The number of hydrogen-bond donors (Lipinski definition) is 2. The number of carbonyl (C=O) groups is 1. The van der Waals surface area contributed by atoms with Crippen molar-refractivity contribution in [3.63, 3.8) is 0 Å². The molecule has 35 heavy (non-hydrogen) atoms. The molecule has 0 aliphatic carbocycles. The highest BCUT2D eigenvalue weighted by Gasteiger charge is 2.48. The Labute approximate surface area is 204 Å². The first-order chi connectivity index (χ1) is 16.7. The Morgan fingerprint density at radius 3 is 2.66 bits per heavy atom. The van der Waals surface area contributed by atoms with Gasteiger partial charge in [0.15, 0.2) is 9.84 Å². The number of aromatic nitrogens is 2. The predicted molar refractivity (Wildman–Crippen MR) is 132 cm³/mol. The number of sulfone groups is 1. The van der Waals surface area contributed by atoms with Crippen LogP contribution in [0.25, 0.3) is 11.3 Å². The van der Waals surface area contributed by atoms with E-state index in [-0.39, 0.29) is 23.2 Å². The number of nitrogens with zero attached hydrogens (tertiary/aromatic N) is 2. The molecule has 2 aromatic carbocycles. The van der Waals surface area contributed by atoms with E-state index in [1.54, 1.807) is 11.0 Å². The second-order valence-electron chi connectivity index (χ2n) is 9.18. The Kier molecular flexibility index (Phi) is 5.67. The summed E-state index contributed by atoms with van der Waals surface area (Å²) in [6.45, 7) is 7.78. The number of rotatable bonds is 6. The van der Waals surface area contributed by atoms with E-state index in [2.05, 4.69) is 16.8 Å². The van der Waals surface area contributed by atoms with Gasteiger partial charge in [0, 0.05) is 17.2 Å². The number of aromatic amines is 1. The maximum absolute atomic E-state index is 13.6. The molecule has 2 N–H and O–H groups in total. The van der Waals surface area contributed by atoms with E-state index in [1.807, 2.05) is 50.2 Å². The molecule has 182 valence electrons. The third kappa shape index (κ3) is 3.99. The van der Waals surface area contributed by atoms with E-state index in [4.69, 9.17) is 4.74 Å². The van der Waals surface area contributed by atoms with Gasteiger partial charge in [-0.3, -0.25) is 9.89 Å². The summed E-state index contributed by atoms with van der Waals surface area (Å²) < 4.78 is 30.2. The molecule has 1 fully saturated rings. The van der Waals surface area contributed by atoms with Crippen molar-refractivity contribution < 1.29 is 23.1 Å². The van der Waals surface area contributed by atoms with Crippen molar-refractivity contribution in [1.29, 1.82) is 0 Å². The quantitative estimate of drug-likeness (QED) is 0.507. The Morgan fingerprint density at radius 1 is 1.26 bits per heavy atom. The predicted octanol–water partition coefficient (Wildman–Crippen LogP) is 3.70. The average molecular weight is 494 g/mol. The average Bonchev–Trinajstić information content (AvgIpc) is 3.48. The van der Waals surface area contributed by atoms with E-state index in [0.29, 0.717) is 46.9 Å². The zero-order chi connectivity index (χ0) is 24.9. The van der Waals surface area contributed by atoms with Crippen molar-refractivity contribution in [2.24, 2.45) is 0 Å². The second-order valence-corrected chi connectivity index (χ2v) is 11.4. The molecule has 1 saturated heterocycles. The maximum atomic E-state index is 13.6. The van der Waals surface area contributed by atoms with Gasteiger partial charge in [-0.15, -0.1) is 0 Å². The minimum atomic E-state index is -3.22. The third-order valence-corrected chi connectivity index (χ3v) is 8.42. The summed E-state index contributed by atoms with van der Waals surface area (Å²) in [5.74, 6) is 0.456. The molecule has 0 bridgehead atoms. The fraction of sp³-hybridized carbons (Fsp3) is 0.308. The van der Waals surface area contributed by atoms with Crippen molar-refractivity contribution in [3.05, 3.63) is 77.0 Å². The molecule has 1 amide bonds. The molecule has 0 spiro atoms. The number of nitrogens with one attached hydrogen (secondary N) is 1. The van der Waals surface area contributed by atoms with Gasteiger partial charge >= 0.3 is 0 Å². The van der Waals surface area contributed by atoms with Crippen molar-refractivity contribution in [2.75, 3.05) is 18.1 Å². The largest absolute Gasteiger partial charge is 0.507 e. The summed E-state index contributed by atoms with van der Waals surface area (Å²) in [6.07, 6.45) is 2.04. The monoisotopic (exact) mass is 493 g/mol. The lowest BCUT2D eigenvalue weighted by atomic mass is 9.93. The van der Waals surface area contributed by atoms with Crippen LogP contribution in [0.3, 0.4) is 0 Å². The number of aryl methyl sites for hydroxylation is 2. The minimum absolute atomic E-state index is 0.0550. The number of carbonyl (C=O) groups excluding carboxylic acids is 1. The van der Waals surface area contributed by atoms with Gasteiger partial charge in [0.25, 0.3) is 5.91 Å². The summed E-state index contributed by atoms with van der Waals surface area (Å²) in [7, 11) is -3.22. The number of ether oxygens (including phenoxy) is 1. The van der Waals surface area contributed by atoms with Crippen LogP contribution in [0.15, 0.2) is 49.1 Å². The van der Waals surface area contributed by atoms with Gasteiger partial charge in [0.1, 0.15) is 29.5 Å². The summed E-state index contributed by atoms with van der Waals surface area (Å²) >= 11 is 0. The molecule has 2 aliphatic heterocycles. The highest BCUT2D eigenvalue weighted by atomic mass is 32.2. The summed E-state index contributed by atoms with van der Waals surface area (Å²) in [4.78, 5) is 15.3. The zero-order valence-electron chi connectivity index (χ0n) is 19.6. The van der Waals surface area contributed by atoms with Gasteiger partial charge in [-0.2, -0.15) is 5.10 Å². The van der Waals surface area contributed by atoms with Crippen LogP contribution in [-0.2, 0) is 9.84 Å². The van der Waals surface area contributed by atoms with E-state index in [9.17, 15) is 18.3 Å². The van der Waals surface area contributed by atoms with Gasteiger partial charge in [-0.25, -0.2) is 8.42 Å². The number of benzene rings is 2. The highest BCUT2D eigenvalue weighted by Crippen LogP contribution is 2.47. The first-order valence-corrected chi connectivity index (χ1v) is 13.3. The van der Waals surface area contributed by atoms with Crippen LogP contribution in [-0.4, -0.2) is 58.7 Å². The van der Waals surface area contributed by atoms with Gasteiger partial charge in [-0.1, -0.05) is 30.9 Å². The van der Waals surface area contributed by atoms with Gasteiger partial charge in [0.2, 0.25) is 0 Å². The van der Waals surface area contributed by atoms with Crippen molar-refractivity contribution in [3.8, 4) is 22.8 Å². The summed E-state index contributed by atoms with van der Waals surface area (Å²) in [5.41, 5.74) is 4.44. The Balaban J connectivity index is 1.66. The van der Waals surface area contributed by atoms with Gasteiger partial charge < -0.3 is 14.7 Å². The molecule has 0 radical (unpaired) electrons. The molecule has 1 aromatic heterocycles. The number of H-pyrrole nitrogens is 1. The molecule has 2 unspecified atom stereocenters. The fourth-order valence-electron chi connectivity index (χ4n) is 5.11. The second kappa shape index (κ2) is 8.57. The van der Waals surface area contributed by atoms with E-state index >= 15 is 0 Å². The molecule has 0 saturated carbocycles. The molecule has 8 nitrogen and oxygen atoms in total. The first kappa shape index (κ1) is 23.2. The van der Waals surface area contributed by atoms with Crippen LogP contribution in [0.5, 0.6) is 11.5 Å². The Morgan fingerprint density at radius 2 is 2.00 bits per heavy atom. The molecule has 5 rings (SSSR count). The van der Waals surface area contributed by atoms with Crippen molar-refractivity contribution >= 4 is 15.7 Å².